The number of hydrogen-bond acceptors (Lipinski definition) is 2. The normalized spacial score (nSPS) is 13.5. The molecule has 5 heteroatoms. The van der Waals surface area contributed by atoms with E-state index in [0.717, 1.165) is 17.7 Å². The molecule has 0 radical (unpaired) electrons. The van der Waals surface area contributed by atoms with Gasteiger partial charge in [0.1, 0.15) is 17.2 Å². The van der Waals surface area contributed by atoms with E-state index in [9.17, 15) is 13.6 Å². The topological polar surface area (TPSA) is 55.1 Å². The SMILES string of the molecule is Cc1ccccc1NC(C)(C(N)=O)c1c(F)cccc1F. The number of benzene rings is 2. The number of hydrogen-bond donors (Lipinski definition) is 2. The number of rotatable bonds is 4. The number of amides is 1. The maximum atomic E-state index is 14.0. The van der Waals surface area contributed by atoms with Crippen LogP contribution in [0.4, 0.5) is 14.5 Å². The molecule has 3 nitrogen and oxygen atoms in total. The van der Waals surface area contributed by atoms with Crippen LogP contribution in [0.1, 0.15) is 18.1 Å². The van der Waals surface area contributed by atoms with Crippen LogP contribution in [0.15, 0.2) is 42.5 Å². The number of carbonyl (C=O) groups is 1. The summed E-state index contributed by atoms with van der Waals surface area (Å²) < 4.78 is 28.0. The first kappa shape index (κ1) is 15.0. The van der Waals surface area contributed by atoms with Crippen LogP contribution in [0, 0.1) is 18.6 Å². The molecule has 2 aromatic rings. The zero-order chi connectivity index (χ0) is 15.6. The van der Waals surface area contributed by atoms with E-state index in [0.29, 0.717) is 5.69 Å². The Kier molecular flexibility index (Phi) is 3.93. The maximum absolute atomic E-state index is 14.0. The molecule has 0 aliphatic carbocycles. The molecular weight excluding hydrogens is 274 g/mol. The molecule has 0 saturated carbocycles. The summed E-state index contributed by atoms with van der Waals surface area (Å²) >= 11 is 0. The average molecular weight is 290 g/mol. The number of para-hydroxylation sites is 1. The van der Waals surface area contributed by atoms with Gasteiger partial charge in [0, 0.05) is 5.69 Å². The van der Waals surface area contributed by atoms with Crippen LogP contribution >= 0.6 is 0 Å². The monoisotopic (exact) mass is 290 g/mol. The minimum Gasteiger partial charge on any atom is -0.367 e. The van der Waals surface area contributed by atoms with Crippen molar-refractivity contribution in [2.75, 3.05) is 5.32 Å². The van der Waals surface area contributed by atoms with Gasteiger partial charge in [-0.1, -0.05) is 24.3 Å². The number of nitrogens with one attached hydrogen (secondary N) is 1. The van der Waals surface area contributed by atoms with E-state index in [1.807, 2.05) is 19.1 Å². The van der Waals surface area contributed by atoms with Gasteiger partial charge in [-0.3, -0.25) is 4.79 Å². The first-order valence-electron chi connectivity index (χ1n) is 6.44. The summed E-state index contributed by atoms with van der Waals surface area (Å²) in [6.07, 6.45) is 0. The fourth-order valence-electron chi connectivity index (χ4n) is 2.21. The third kappa shape index (κ3) is 2.72. The van der Waals surface area contributed by atoms with Crippen molar-refractivity contribution in [1.82, 2.24) is 0 Å². The van der Waals surface area contributed by atoms with Gasteiger partial charge in [-0.15, -0.1) is 0 Å². The van der Waals surface area contributed by atoms with E-state index in [1.165, 1.54) is 13.0 Å². The third-order valence-electron chi connectivity index (χ3n) is 3.49. The number of halogens is 2. The Morgan fingerprint density at radius 1 is 1.10 bits per heavy atom. The van der Waals surface area contributed by atoms with Crippen LogP contribution in [0.5, 0.6) is 0 Å². The minimum absolute atomic E-state index is 0.388. The van der Waals surface area contributed by atoms with Crippen molar-refractivity contribution in [3.8, 4) is 0 Å². The highest BCUT2D eigenvalue weighted by Gasteiger charge is 2.38. The third-order valence-corrected chi connectivity index (χ3v) is 3.49. The summed E-state index contributed by atoms with van der Waals surface area (Å²) in [5.41, 5.74) is 4.74. The molecule has 1 atom stereocenters. The van der Waals surface area contributed by atoms with Gasteiger partial charge in [0.2, 0.25) is 5.91 Å². The minimum atomic E-state index is -1.69. The van der Waals surface area contributed by atoms with Crippen molar-refractivity contribution in [1.29, 1.82) is 0 Å². The largest absolute Gasteiger partial charge is 0.367 e. The standard InChI is InChI=1S/C16H16F2N2O/c1-10-6-3-4-9-13(10)20-16(2,15(19)21)14-11(17)7-5-8-12(14)18/h3-9,20H,1-2H3,(H2,19,21). The quantitative estimate of drug-likeness (QED) is 0.909. The molecule has 1 unspecified atom stereocenters. The second-order valence-corrected chi connectivity index (χ2v) is 5.03. The lowest BCUT2D eigenvalue weighted by Gasteiger charge is -2.30. The number of primary amides is 1. The van der Waals surface area contributed by atoms with Crippen LogP contribution < -0.4 is 11.1 Å². The van der Waals surface area contributed by atoms with Gasteiger partial charge in [0.25, 0.3) is 0 Å². The molecule has 0 spiro atoms. The van der Waals surface area contributed by atoms with E-state index < -0.39 is 23.1 Å². The predicted octanol–water partition coefficient (Wildman–Crippen LogP) is 3.09. The summed E-state index contributed by atoms with van der Waals surface area (Å²) in [6, 6.07) is 10.6. The first-order chi connectivity index (χ1) is 9.86. The van der Waals surface area contributed by atoms with Crippen LogP contribution in [-0.2, 0) is 10.3 Å². The molecule has 21 heavy (non-hydrogen) atoms. The Morgan fingerprint density at radius 2 is 1.67 bits per heavy atom. The van der Waals surface area contributed by atoms with Crippen LogP contribution in [-0.4, -0.2) is 5.91 Å². The van der Waals surface area contributed by atoms with Gasteiger partial charge in [0.05, 0.1) is 5.56 Å². The highest BCUT2D eigenvalue weighted by Crippen LogP contribution is 2.31. The summed E-state index contributed by atoms with van der Waals surface area (Å²) in [7, 11) is 0. The molecule has 0 bridgehead atoms. The first-order valence-corrected chi connectivity index (χ1v) is 6.44. The lowest BCUT2D eigenvalue weighted by Crippen LogP contribution is -2.46. The van der Waals surface area contributed by atoms with Gasteiger partial charge in [-0.2, -0.15) is 0 Å². The van der Waals surface area contributed by atoms with Gasteiger partial charge in [-0.05, 0) is 37.6 Å². The Hall–Kier alpha value is -2.43. The van der Waals surface area contributed by atoms with Crippen molar-refractivity contribution in [2.45, 2.75) is 19.4 Å². The van der Waals surface area contributed by atoms with Crippen molar-refractivity contribution in [3.63, 3.8) is 0 Å². The average Bonchev–Trinajstić information content (AvgIpc) is 2.41. The van der Waals surface area contributed by atoms with Crippen molar-refractivity contribution in [2.24, 2.45) is 5.73 Å². The van der Waals surface area contributed by atoms with E-state index in [-0.39, 0.29) is 5.56 Å². The van der Waals surface area contributed by atoms with E-state index >= 15 is 0 Å². The molecule has 0 aromatic heterocycles. The van der Waals surface area contributed by atoms with Crippen LogP contribution in [0.3, 0.4) is 0 Å². The molecule has 2 rings (SSSR count). The second-order valence-electron chi connectivity index (χ2n) is 5.03. The summed E-state index contributed by atoms with van der Waals surface area (Å²) in [5.74, 6) is -2.51. The zero-order valence-corrected chi connectivity index (χ0v) is 11.8. The second kappa shape index (κ2) is 5.52. The molecular formula is C16H16F2N2O. The molecule has 2 aromatic carbocycles. The highest BCUT2D eigenvalue weighted by molar-refractivity contribution is 5.89. The molecule has 110 valence electrons. The molecule has 0 aliphatic heterocycles. The van der Waals surface area contributed by atoms with E-state index in [2.05, 4.69) is 5.32 Å². The lowest BCUT2D eigenvalue weighted by molar-refractivity contribution is -0.122. The smallest absolute Gasteiger partial charge is 0.247 e. The molecule has 0 saturated heterocycles. The van der Waals surface area contributed by atoms with Gasteiger partial charge >= 0.3 is 0 Å². The number of aryl methyl sites for hydroxylation is 1. The van der Waals surface area contributed by atoms with Crippen molar-refractivity contribution >= 4 is 11.6 Å². The Morgan fingerprint density at radius 3 is 2.19 bits per heavy atom. The maximum Gasteiger partial charge on any atom is 0.247 e. The number of carbonyl (C=O) groups excluding carboxylic acids is 1. The Bertz CT molecular complexity index is 667. The zero-order valence-electron chi connectivity index (χ0n) is 11.8. The Labute approximate surface area is 121 Å². The Balaban J connectivity index is 2.57. The van der Waals surface area contributed by atoms with Crippen molar-refractivity contribution in [3.05, 3.63) is 65.2 Å². The van der Waals surface area contributed by atoms with Crippen LogP contribution in [0.25, 0.3) is 0 Å². The molecule has 0 fully saturated rings. The molecule has 0 heterocycles. The van der Waals surface area contributed by atoms with Gasteiger partial charge in [0.15, 0.2) is 0 Å². The summed E-state index contributed by atoms with van der Waals surface area (Å²) in [6.45, 7) is 3.19. The predicted molar refractivity (Wildman–Crippen MR) is 77.7 cm³/mol. The van der Waals surface area contributed by atoms with Gasteiger partial charge in [-0.25, -0.2) is 8.78 Å². The summed E-state index contributed by atoms with van der Waals surface area (Å²) in [4.78, 5) is 11.9. The lowest BCUT2D eigenvalue weighted by atomic mass is 9.89. The molecule has 1 amide bonds. The summed E-state index contributed by atoms with van der Waals surface area (Å²) in [5, 5.41) is 2.87. The number of nitrogens with two attached hydrogens (primary N) is 1. The van der Waals surface area contributed by atoms with Crippen molar-refractivity contribution < 1.29 is 13.6 Å². The molecule has 0 aliphatic rings. The molecule has 3 N–H and O–H groups in total. The fourth-order valence-corrected chi connectivity index (χ4v) is 2.21. The van der Waals surface area contributed by atoms with E-state index in [1.54, 1.807) is 12.1 Å². The fraction of sp³-hybridized carbons (Fsp3) is 0.188. The number of anilines is 1. The van der Waals surface area contributed by atoms with E-state index in [4.69, 9.17) is 5.73 Å². The highest BCUT2D eigenvalue weighted by atomic mass is 19.1. The van der Waals surface area contributed by atoms with Crippen LogP contribution in [0.2, 0.25) is 0 Å². The van der Waals surface area contributed by atoms with Gasteiger partial charge < -0.3 is 11.1 Å².